The van der Waals surface area contributed by atoms with Gasteiger partial charge < -0.3 is 14.7 Å². The number of aromatic amines is 1. The molecule has 0 fully saturated rings. The van der Waals surface area contributed by atoms with Gasteiger partial charge in [-0.1, -0.05) is 20.8 Å². The van der Waals surface area contributed by atoms with E-state index in [0.717, 1.165) is 12.0 Å². The summed E-state index contributed by atoms with van der Waals surface area (Å²) in [5.41, 5.74) is 1.38. The summed E-state index contributed by atoms with van der Waals surface area (Å²) in [5.74, 6) is -1.76. The van der Waals surface area contributed by atoms with Crippen LogP contribution in [0.2, 0.25) is 0 Å². The topological polar surface area (TPSA) is 95.5 Å². The summed E-state index contributed by atoms with van der Waals surface area (Å²) in [5, 5.41) is 15.8. The van der Waals surface area contributed by atoms with Crippen molar-refractivity contribution < 1.29 is 19.4 Å². The standard InChI is InChI=1S/C14H21N3O4/c1-14(2,3)4-5-21-13(20)17-7-9-6-15-16-11(9)10(8-17)12(18)19/h6,10H,4-5,7-8H2,1-3H3,(H,15,16)(H,18,19). The number of carbonyl (C=O) groups excluding carboxylic acids is 1. The number of ether oxygens (including phenoxy) is 1. The molecule has 2 N–H and O–H groups in total. The Morgan fingerprint density at radius 1 is 1.52 bits per heavy atom. The van der Waals surface area contributed by atoms with Crippen LogP contribution in [0.15, 0.2) is 6.20 Å². The number of hydrogen-bond acceptors (Lipinski definition) is 4. The normalized spacial score (nSPS) is 18.2. The minimum Gasteiger partial charge on any atom is -0.481 e. The Morgan fingerprint density at radius 3 is 2.86 bits per heavy atom. The van der Waals surface area contributed by atoms with Gasteiger partial charge in [-0.05, 0) is 11.8 Å². The van der Waals surface area contributed by atoms with E-state index in [2.05, 4.69) is 31.0 Å². The van der Waals surface area contributed by atoms with Crippen molar-refractivity contribution in [3.05, 3.63) is 17.5 Å². The first-order chi connectivity index (χ1) is 9.78. The Morgan fingerprint density at radius 2 is 2.24 bits per heavy atom. The molecule has 7 nitrogen and oxygen atoms in total. The van der Waals surface area contributed by atoms with Gasteiger partial charge in [0.2, 0.25) is 0 Å². The molecule has 2 rings (SSSR count). The molecule has 0 spiro atoms. The summed E-state index contributed by atoms with van der Waals surface area (Å²) in [6.07, 6.45) is 1.84. The molecule has 1 aliphatic heterocycles. The molecule has 0 saturated carbocycles. The second kappa shape index (κ2) is 5.75. The Kier molecular flexibility index (Phi) is 4.20. The average Bonchev–Trinajstić information content (AvgIpc) is 2.83. The Labute approximate surface area is 123 Å². The fourth-order valence-corrected chi connectivity index (χ4v) is 2.21. The molecule has 1 aromatic heterocycles. The second-order valence-electron chi connectivity index (χ2n) is 6.51. The Balaban J connectivity index is 1.99. The van der Waals surface area contributed by atoms with E-state index in [1.54, 1.807) is 6.20 Å². The van der Waals surface area contributed by atoms with Crippen LogP contribution in [0.4, 0.5) is 4.79 Å². The van der Waals surface area contributed by atoms with E-state index in [1.165, 1.54) is 4.90 Å². The number of aliphatic carboxylic acids is 1. The van der Waals surface area contributed by atoms with E-state index in [4.69, 9.17) is 4.74 Å². The van der Waals surface area contributed by atoms with Gasteiger partial charge >= 0.3 is 12.1 Å². The number of fused-ring (bicyclic) bond motifs is 1. The average molecular weight is 295 g/mol. The van der Waals surface area contributed by atoms with Gasteiger partial charge in [0.05, 0.1) is 25.0 Å². The Hall–Kier alpha value is -2.05. The predicted molar refractivity (Wildman–Crippen MR) is 74.8 cm³/mol. The van der Waals surface area contributed by atoms with Crippen molar-refractivity contribution in [1.82, 2.24) is 15.1 Å². The van der Waals surface area contributed by atoms with Crippen molar-refractivity contribution in [2.75, 3.05) is 13.2 Å². The number of carbonyl (C=O) groups is 2. The van der Waals surface area contributed by atoms with Gasteiger partial charge in [-0.2, -0.15) is 5.10 Å². The second-order valence-corrected chi connectivity index (χ2v) is 6.51. The van der Waals surface area contributed by atoms with Crippen molar-refractivity contribution >= 4 is 12.1 Å². The molecular weight excluding hydrogens is 274 g/mol. The number of carboxylic acid groups (broad SMARTS) is 1. The smallest absolute Gasteiger partial charge is 0.410 e. The lowest BCUT2D eigenvalue weighted by Crippen LogP contribution is -2.41. The van der Waals surface area contributed by atoms with E-state index in [-0.39, 0.29) is 12.0 Å². The van der Waals surface area contributed by atoms with Gasteiger partial charge in [0.1, 0.15) is 5.92 Å². The van der Waals surface area contributed by atoms with Gasteiger partial charge in [-0.15, -0.1) is 0 Å². The molecule has 1 aliphatic rings. The van der Waals surface area contributed by atoms with Crippen LogP contribution >= 0.6 is 0 Å². The zero-order chi connectivity index (χ0) is 15.6. The highest BCUT2D eigenvalue weighted by molar-refractivity contribution is 5.78. The molecule has 2 heterocycles. The van der Waals surface area contributed by atoms with Crippen LogP contribution in [0.25, 0.3) is 0 Å². The van der Waals surface area contributed by atoms with Crippen molar-refractivity contribution in [3.8, 4) is 0 Å². The lowest BCUT2D eigenvalue weighted by molar-refractivity contribution is -0.139. The van der Waals surface area contributed by atoms with Crippen LogP contribution < -0.4 is 0 Å². The molecule has 1 aromatic rings. The first-order valence-electron chi connectivity index (χ1n) is 6.94. The van der Waals surface area contributed by atoms with Gasteiger partial charge in [0.15, 0.2) is 0 Å². The van der Waals surface area contributed by atoms with Crippen LogP contribution in [0.1, 0.15) is 44.4 Å². The van der Waals surface area contributed by atoms with E-state index in [9.17, 15) is 14.7 Å². The highest BCUT2D eigenvalue weighted by Crippen LogP contribution is 2.27. The van der Waals surface area contributed by atoms with E-state index >= 15 is 0 Å². The van der Waals surface area contributed by atoms with Crippen molar-refractivity contribution in [2.24, 2.45) is 5.41 Å². The SMILES string of the molecule is CC(C)(C)CCOC(=O)N1Cc2cn[nH]c2C(C(=O)O)C1. The molecule has 0 radical (unpaired) electrons. The zero-order valence-corrected chi connectivity index (χ0v) is 12.5. The number of rotatable bonds is 3. The molecule has 1 unspecified atom stereocenters. The van der Waals surface area contributed by atoms with Crippen molar-refractivity contribution in [1.29, 1.82) is 0 Å². The maximum atomic E-state index is 12.1. The number of nitrogens with one attached hydrogen (secondary N) is 1. The van der Waals surface area contributed by atoms with Crippen LogP contribution in [0.5, 0.6) is 0 Å². The summed E-state index contributed by atoms with van der Waals surface area (Å²) in [4.78, 5) is 24.8. The maximum Gasteiger partial charge on any atom is 0.410 e. The molecule has 0 aliphatic carbocycles. The van der Waals surface area contributed by atoms with Gasteiger partial charge in [-0.25, -0.2) is 4.79 Å². The predicted octanol–water partition coefficient (Wildman–Crippen LogP) is 1.97. The summed E-state index contributed by atoms with van der Waals surface area (Å²) in [6, 6.07) is 0. The fraction of sp³-hybridized carbons (Fsp3) is 0.643. The van der Waals surface area contributed by atoms with Crippen LogP contribution in [0.3, 0.4) is 0 Å². The number of amides is 1. The third-order valence-electron chi connectivity index (χ3n) is 3.50. The number of H-pyrrole nitrogens is 1. The monoisotopic (exact) mass is 295 g/mol. The van der Waals surface area contributed by atoms with Crippen LogP contribution in [-0.4, -0.2) is 45.4 Å². The quantitative estimate of drug-likeness (QED) is 0.888. The molecule has 0 bridgehead atoms. The molecule has 0 aromatic carbocycles. The molecule has 116 valence electrons. The van der Waals surface area contributed by atoms with Crippen molar-refractivity contribution in [3.63, 3.8) is 0 Å². The molecular formula is C14H21N3O4. The highest BCUT2D eigenvalue weighted by atomic mass is 16.6. The summed E-state index contributed by atoms with van der Waals surface area (Å²) >= 11 is 0. The van der Waals surface area contributed by atoms with Gasteiger partial charge in [0, 0.05) is 12.1 Å². The summed E-state index contributed by atoms with van der Waals surface area (Å²) in [7, 11) is 0. The van der Waals surface area contributed by atoms with E-state index in [1.807, 2.05) is 0 Å². The van der Waals surface area contributed by atoms with E-state index in [0.29, 0.717) is 18.8 Å². The number of aromatic nitrogens is 2. The van der Waals surface area contributed by atoms with Crippen molar-refractivity contribution in [2.45, 2.75) is 39.7 Å². The lowest BCUT2D eigenvalue weighted by Gasteiger charge is -2.30. The minimum absolute atomic E-state index is 0.0868. The number of hydrogen-bond donors (Lipinski definition) is 2. The van der Waals surface area contributed by atoms with Crippen LogP contribution in [-0.2, 0) is 16.1 Å². The molecule has 7 heteroatoms. The first-order valence-corrected chi connectivity index (χ1v) is 6.94. The van der Waals surface area contributed by atoms with Gasteiger partial charge in [0.25, 0.3) is 0 Å². The Bertz CT molecular complexity index is 533. The summed E-state index contributed by atoms with van der Waals surface area (Å²) < 4.78 is 5.24. The fourth-order valence-electron chi connectivity index (χ4n) is 2.21. The molecule has 1 atom stereocenters. The maximum absolute atomic E-state index is 12.1. The highest BCUT2D eigenvalue weighted by Gasteiger charge is 2.34. The number of carboxylic acids is 1. The molecule has 0 saturated heterocycles. The third kappa shape index (κ3) is 3.74. The first kappa shape index (κ1) is 15.3. The summed E-state index contributed by atoms with van der Waals surface area (Å²) in [6.45, 7) is 6.96. The molecule has 21 heavy (non-hydrogen) atoms. The largest absolute Gasteiger partial charge is 0.481 e. The van der Waals surface area contributed by atoms with Crippen LogP contribution in [0, 0.1) is 5.41 Å². The third-order valence-corrected chi connectivity index (χ3v) is 3.50. The van der Waals surface area contributed by atoms with E-state index < -0.39 is 18.0 Å². The zero-order valence-electron chi connectivity index (χ0n) is 12.5. The van der Waals surface area contributed by atoms with Gasteiger partial charge in [-0.3, -0.25) is 9.89 Å². The molecule has 1 amide bonds. The minimum atomic E-state index is -0.979. The lowest BCUT2D eigenvalue weighted by atomic mass is 9.93. The number of nitrogens with zero attached hydrogens (tertiary/aromatic N) is 2.